The molecule has 0 amide bonds. The van der Waals surface area contributed by atoms with Gasteiger partial charge in [0.2, 0.25) is 0 Å². The van der Waals surface area contributed by atoms with E-state index in [1.54, 1.807) is 11.3 Å². The molecule has 4 heteroatoms. The van der Waals surface area contributed by atoms with Crippen molar-refractivity contribution in [1.29, 1.82) is 0 Å². The molecule has 0 saturated heterocycles. The van der Waals surface area contributed by atoms with E-state index >= 15 is 0 Å². The van der Waals surface area contributed by atoms with Crippen LogP contribution in [-0.4, -0.2) is 15.6 Å². The van der Waals surface area contributed by atoms with Crippen molar-refractivity contribution >= 4 is 11.3 Å². The van der Waals surface area contributed by atoms with E-state index in [2.05, 4.69) is 45.6 Å². The standard InChI is InChI=1S/C13H17N3S/c1-10-15-13(9-17-10)8-16-5-4-11(7-16)6-14-12-2-3-12/h4-5,7,9,12,14H,2-3,6,8H2,1H3. The van der Waals surface area contributed by atoms with E-state index in [-0.39, 0.29) is 0 Å². The first-order valence-electron chi connectivity index (χ1n) is 6.08. The Morgan fingerprint density at radius 1 is 1.53 bits per heavy atom. The Hall–Kier alpha value is -1.13. The highest BCUT2D eigenvalue weighted by molar-refractivity contribution is 7.09. The molecule has 2 aromatic rings. The van der Waals surface area contributed by atoms with Gasteiger partial charge in [0.25, 0.3) is 0 Å². The third-order valence-electron chi connectivity index (χ3n) is 3.00. The normalized spacial score (nSPS) is 15.4. The highest BCUT2D eigenvalue weighted by atomic mass is 32.1. The number of hydrogen-bond acceptors (Lipinski definition) is 3. The second-order valence-corrected chi connectivity index (χ2v) is 5.77. The molecule has 0 spiro atoms. The number of thiazole rings is 1. The fourth-order valence-electron chi connectivity index (χ4n) is 1.91. The lowest BCUT2D eigenvalue weighted by atomic mass is 10.3. The Labute approximate surface area is 106 Å². The maximum absolute atomic E-state index is 4.48. The summed E-state index contributed by atoms with van der Waals surface area (Å²) in [6.07, 6.45) is 7.04. The molecule has 17 heavy (non-hydrogen) atoms. The van der Waals surface area contributed by atoms with Gasteiger partial charge in [-0.3, -0.25) is 0 Å². The molecular weight excluding hydrogens is 230 g/mol. The average molecular weight is 247 g/mol. The van der Waals surface area contributed by atoms with Gasteiger partial charge in [-0.15, -0.1) is 11.3 Å². The Morgan fingerprint density at radius 2 is 2.41 bits per heavy atom. The predicted octanol–water partition coefficient (Wildman–Crippen LogP) is 2.55. The topological polar surface area (TPSA) is 29.9 Å². The van der Waals surface area contributed by atoms with Gasteiger partial charge >= 0.3 is 0 Å². The second-order valence-electron chi connectivity index (χ2n) is 4.71. The van der Waals surface area contributed by atoms with E-state index in [9.17, 15) is 0 Å². The molecule has 1 saturated carbocycles. The monoisotopic (exact) mass is 247 g/mol. The molecule has 0 bridgehead atoms. The van der Waals surface area contributed by atoms with Crippen LogP contribution in [0.1, 0.15) is 29.1 Å². The lowest BCUT2D eigenvalue weighted by molar-refractivity contribution is 0.684. The Bertz CT molecular complexity index is 496. The minimum Gasteiger partial charge on any atom is -0.348 e. The molecule has 2 aromatic heterocycles. The molecule has 0 aromatic carbocycles. The average Bonchev–Trinajstić information content (AvgIpc) is 2.90. The van der Waals surface area contributed by atoms with Crippen molar-refractivity contribution < 1.29 is 0 Å². The van der Waals surface area contributed by atoms with Gasteiger partial charge in [-0.05, 0) is 31.4 Å². The fourth-order valence-corrected chi connectivity index (χ4v) is 2.51. The predicted molar refractivity (Wildman–Crippen MR) is 70.2 cm³/mol. The molecule has 0 unspecified atom stereocenters. The maximum Gasteiger partial charge on any atom is 0.0898 e. The smallest absolute Gasteiger partial charge is 0.0898 e. The van der Waals surface area contributed by atoms with Gasteiger partial charge in [-0.25, -0.2) is 4.98 Å². The van der Waals surface area contributed by atoms with E-state index in [0.29, 0.717) is 0 Å². The number of hydrogen-bond donors (Lipinski definition) is 1. The lowest BCUT2D eigenvalue weighted by Crippen LogP contribution is -2.14. The molecule has 2 heterocycles. The van der Waals surface area contributed by atoms with Crippen LogP contribution in [0.15, 0.2) is 23.8 Å². The summed E-state index contributed by atoms with van der Waals surface area (Å²) in [5, 5.41) is 6.81. The minimum atomic E-state index is 0.777. The highest BCUT2D eigenvalue weighted by Crippen LogP contribution is 2.19. The van der Waals surface area contributed by atoms with Crippen LogP contribution in [0.25, 0.3) is 0 Å². The third kappa shape index (κ3) is 2.96. The quantitative estimate of drug-likeness (QED) is 0.880. The summed E-state index contributed by atoms with van der Waals surface area (Å²) in [4.78, 5) is 4.48. The second kappa shape index (κ2) is 4.63. The van der Waals surface area contributed by atoms with Crippen LogP contribution >= 0.6 is 11.3 Å². The first-order valence-corrected chi connectivity index (χ1v) is 6.96. The van der Waals surface area contributed by atoms with Crippen LogP contribution in [0, 0.1) is 6.92 Å². The summed E-state index contributed by atoms with van der Waals surface area (Å²) in [5.74, 6) is 0. The van der Waals surface area contributed by atoms with Crippen molar-refractivity contribution in [2.45, 2.75) is 38.9 Å². The molecule has 1 N–H and O–H groups in total. The van der Waals surface area contributed by atoms with Gasteiger partial charge in [0.1, 0.15) is 0 Å². The summed E-state index contributed by atoms with van der Waals surface area (Å²) in [6, 6.07) is 2.97. The summed E-state index contributed by atoms with van der Waals surface area (Å²) < 4.78 is 2.21. The van der Waals surface area contributed by atoms with E-state index in [4.69, 9.17) is 0 Å². The molecule has 0 radical (unpaired) electrons. The van der Waals surface area contributed by atoms with Crippen molar-refractivity contribution in [2.75, 3.05) is 0 Å². The summed E-state index contributed by atoms with van der Waals surface area (Å²) >= 11 is 1.72. The summed E-state index contributed by atoms with van der Waals surface area (Å²) in [6.45, 7) is 3.93. The molecule has 1 aliphatic carbocycles. The van der Waals surface area contributed by atoms with Crippen LogP contribution in [0.3, 0.4) is 0 Å². The number of rotatable bonds is 5. The Morgan fingerprint density at radius 3 is 3.12 bits per heavy atom. The van der Waals surface area contributed by atoms with Crippen molar-refractivity contribution in [1.82, 2.24) is 14.9 Å². The Balaban J connectivity index is 1.59. The van der Waals surface area contributed by atoms with E-state index in [1.165, 1.54) is 18.4 Å². The number of aryl methyl sites for hydroxylation is 1. The van der Waals surface area contributed by atoms with Gasteiger partial charge in [0.05, 0.1) is 17.2 Å². The molecule has 3 rings (SSSR count). The van der Waals surface area contributed by atoms with Crippen LogP contribution in [0.4, 0.5) is 0 Å². The van der Waals surface area contributed by atoms with E-state index < -0.39 is 0 Å². The van der Waals surface area contributed by atoms with E-state index in [1.807, 2.05) is 0 Å². The van der Waals surface area contributed by atoms with Crippen molar-refractivity contribution in [3.63, 3.8) is 0 Å². The zero-order valence-corrected chi connectivity index (χ0v) is 10.8. The van der Waals surface area contributed by atoms with Crippen molar-refractivity contribution in [3.8, 4) is 0 Å². The van der Waals surface area contributed by atoms with Gasteiger partial charge in [-0.1, -0.05) is 0 Å². The summed E-state index contributed by atoms with van der Waals surface area (Å²) in [5.41, 5.74) is 2.52. The lowest BCUT2D eigenvalue weighted by Gasteiger charge is -2.00. The molecule has 90 valence electrons. The number of nitrogens with zero attached hydrogens (tertiary/aromatic N) is 2. The SMILES string of the molecule is Cc1nc(Cn2ccc(CNC3CC3)c2)cs1. The molecular formula is C13H17N3S. The minimum absolute atomic E-state index is 0.777. The van der Waals surface area contributed by atoms with Gasteiger partial charge in [0, 0.05) is 30.4 Å². The van der Waals surface area contributed by atoms with Crippen LogP contribution < -0.4 is 5.32 Å². The Kier molecular flexibility index (Phi) is 2.99. The molecule has 0 atom stereocenters. The first kappa shape index (κ1) is 11.0. The first-order chi connectivity index (χ1) is 8.29. The van der Waals surface area contributed by atoms with Gasteiger partial charge in [0.15, 0.2) is 0 Å². The third-order valence-corrected chi connectivity index (χ3v) is 3.82. The van der Waals surface area contributed by atoms with Crippen LogP contribution in [0.5, 0.6) is 0 Å². The van der Waals surface area contributed by atoms with Crippen LogP contribution in [-0.2, 0) is 13.1 Å². The molecule has 1 aliphatic rings. The van der Waals surface area contributed by atoms with Crippen molar-refractivity contribution in [3.05, 3.63) is 40.1 Å². The zero-order chi connectivity index (χ0) is 11.7. The van der Waals surface area contributed by atoms with Crippen molar-refractivity contribution in [2.24, 2.45) is 0 Å². The highest BCUT2D eigenvalue weighted by Gasteiger charge is 2.19. The molecule has 0 aliphatic heterocycles. The largest absolute Gasteiger partial charge is 0.348 e. The molecule has 1 fully saturated rings. The number of aromatic nitrogens is 2. The maximum atomic E-state index is 4.48. The van der Waals surface area contributed by atoms with E-state index in [0.717, 1.165) is 29.8 Å². The summed E-state index contributed by atoms with van der Waals surface area (Å²) in [7, 11) is 0. The molecule has 3 nitrogen and oxygen atoms in total. The van der Waals surface area contributed by atoms with Gasteiger partial charge < -0.3 is 9.88 Å². The van der Waals surface area contributed by atoms with Crippen LogP contribution in [0.2, 0.25) is 0 Å². The van der Waals surface area contributed by atoms with Gasteiger partial charge in [-0.2, -0.15) is 0 Å². The fraction of sp³-hybridized carbons (Fsp3) is 0.462. The zero-order valence-electron chi connectivity index (χ0n) is 10.0. The number of nitrogens with one attached hydrogen (secondary N) is 1.